The lowest BCUT2D eigenvalue weighted by atomic mass is 10.2. The van der Waals surface area contributed by atoms with Gasteiger partial charge in [0.25, 0.3) is 5.91 Å². The van der Waals surface area contributed by atoms with E-state index in [9.17, 15) is 4.79 Å². The average Bonchev–Trinajstić information content (AvgIpc) is 3.03. The molecule has 0 bridgehead atoms. The Hall–Kier alpha value is -2.18. The Labute approximate surface area is 152 Å². The molecule has 0 atom stereocenters. The van der Waals surface area contributed by atoms with Crippen molar-refractivity contribution in [3.05, 3.63) is 69.5 Å². The summed E-state index contributed by atoms with van der Waals surface area (Å²) < 4.78 is 6.08. The Bertz CT molecular complexity index is 864. The molecule has 0 spiro atoms. The summed E-state index contributed by atoms with van der Waals surface area (Å²) in [7, 11) is 1.69. The molecule has 0 aliphatic carbocycles. The largest absolute Gasteiger partial charge is 0.337 e. The molecular weight excluding hydrogens is 394 g/mol. The highest BCUT2D eigenvalue weighted by Gasteiger charge is 2.16. The number of hydrogen-bond acceptors (Lipinski definition) is 4. The summed E-state index contributed by atoms with van der Waals surface area (Å²) in [6.45, 7) is 0.228. The quantitative estimate of drug-likeness (QED) is 0.643. The molecule has 2 aromatic carbocycles. The molecule has 0 radical (unpaired) electrons. The van der Waals surface area contributed by atoms with E-state index in [4.69, 9.17) is 16.1 Å². The van der Waals surface area contributed by atoms with Crippen LogP contribution >= 0.6 is 27.5 Å². The molecule has 1 heterocycles. The first-order valence-corrected chi connectivity index (χ1v) is 8.29. The van der Waals surface area contributed by atoms with Crippen molar-refractivity contribution >= 4 is 33.4 Å². The third-order valence-electron chi connectivity index (χ3n) is 3.36. The summed E-state index contributed by atoms with van der Waals surface area (Å²) in [4.78, 5) is 18.3. The smallest absolute Gasteiger partial charge is 0.254 e. The van der Waals surface area contributed by atoms with Gasteiger partial charge in [-0.25, -0.2) is 0 Å². The van der Waals surface area contributed by atoms with Crippen LogP contribution < -0.4 is 0 Å². The second kappa shape index (κ2) is 7.15. The average molecular weight is 407 g/mol. The summed E-state index contributed by atoms with van der Waals surface area (Å²) in [6.07, 6.45) is 0. The van der Waals surface area contributed by atoms with E-state index in [1.165, 1.54) is 4.90 Å². The van der Waals surface area contributed by atoms with Gasteiger partial charge in [0.1, 0.15) is 0 Å². The minimum Gasteiger partial charge on any atom is -0.337 e. The van der Waals surface area contributed by atoms with Crippen molar-refractivity contribution in [2.24, 2.45) is 0 Å². The molecule has 5 nitrogen and oxygen atoms in total. The Morgan fingerprint density at radius 2 is 2.00 bits per heavy atom. The van der Waals surface area contributed by atoms with Crippen molar-refractivity contribution in [1.82, 2.24) is 15.0 Å². The third-order valence-corrected chi connectivity index (χ3v) is 4.11. The van der Waals surface area contributed by atoms with Gasteiger partial charge in [0, 0.05) is 27.7 Å². The number of amides is 1. The minimum atomic E-state index is -0.123. The van der Waals surface area contributed by atoms with Crippen LogP contribution in [0.3, 0.4) is 0 Å². The molecule has 0 fully saturated rings. The lowest BCUT2D eigenvalue weighted by molar-refractivity contribution is 0.0769. The van der Waals surface area contributed by atoms with Gasteiger partial charge in [-0.05, 0) is 42.5 Å². The lowest BCUT2D eigenvalue weighted by Gasteiger charge is -2.14. The van der Waals surface area contributed by atoms with Crippen molar-refractivity contribution in [3.63, 3.8) is 0 Å². The molecule has 3 aromatic rings. The first-order chi connectivity index (χ1) is 11.5. The van der Waals surface area contributed by atoms with Gasteiger partial charge in [-0.2, -0.15) is 4.98 Å². The Balaban J connectivity index is 1.72. The van der Waals surface area contributed by atoms with Crippen molar-refractivity contribution in [2.45, 2.75) is 6.54 Å². The topological polar surface area (TPSA) is 59.2 Å². The van der Waals surface area contributed by atoms with Gasteiger partial charge in [0.15, 0.2) is 0 Å². The van der Waals surface area contributed by atoms with Crippen LogP contribution in [0.2, 0.25) is 5.02 Å². The van der Waals surface area contributed by atoms with E-state index < -0.39 is 0 Å². The number of benzene rings is 2. The van der Waals surface area contributed by atoms with E-state index in [2.05, 4.69) is 26.1 Å². The second-order valence-corrected chi connectivity index (χ2v) is 6.54. The van der Waals surface area contributed by atoms with E-state index >= 15 is 0 Å². The summed E-state index contributed by atoms with van der Waals surface area (Å²) >= 11 is 9.23. The van der Waals surface area contributed by atoms with E-state index in [0.717, 1.165) is 10.0 Å². The van der Waals surface area contributed by atoms with Gasteiger partial charge in [0.2, 0.25) is 11.7 Å². The summed E-state index contributed by atoms with van der Waals surface area (Å²) in [5.41, 5.74) is 1.39. The molecule has 3 rings (SSSR count). The zero-order chi connectivity index (χ0) is 17.1. The predicted octanol–water partition coefficient (Wildman–Crippen LogP) is 4.42. The molecule has 0 saturated heterocycles. The van der Waals surface area contributed by atoms with Crippen LogP contribution in [-0.2, 0) is 6.54 Å². The summed E-state index contributed by atoms with van der Waals surface area (Å²) in [5.74, 6) is 0.707. The number of rotatable bonds is 4. The van der Waals surface area contributed by atoms with Crippen molar-refractivity contribution in [2.75, 3.05) is 7.05 Å². The molecule has 1 aromatic heterocycles. The molecule has 0 aliphatic rings. The standard InChI is InChI=1S/C17H13BrClN3O2/c1-22(17(23)12-3-2-4-13(18)9-12)10-15-20-16(21-24-15)11-5-7-14(19)8-6-11/h2-9H,10H2,1H3. The van der Waals surface area contributed by atoms with E-state index in [1.54, 1.807) is 31.3 Å². The van der Waals surface area contributed by atoms with E-state index in [-0.39, 0.29) is 12.5 Å². The van der Waals surface area contributed by atoms with Gasteiger partial charge in [-0.1, -0.05) is 38.8 Å². The van der Waals surface area contributed by atoms with Crippen LogP contribution in [0.15, 0.2) is 57.5 Å². The third kappa shape index (κ3) is 3.83. The van der Waals surface area contributed by atoms with Gasteiger partial charge < -0.3 is 9.42 Å². The van der Waals surface area contributed by atoms with Crippen LogP contribution in [0.4, 0.5) is 0 Å². The molecule has 0 saturated carbocycles. The SMILES string of the molecule is CN(Cc1nc(-c2ccc(Cl)cc2)no1)C(=O)c1cccc(Br)c1. The Morgan fingerprint density at radius 3 is 2.71 bits per heavy atom. The Kier molecular flexibility index (Phi) is 4.97. The fraction of sp³-hybridized carbons (Fsp3) is 0.118. The fourth-order valence-electron chi connectivity index (χ4n) is 2.15. The van der Waals surface area contributed by atoms with Crippen molar-refractivity contribution in [1.29, 1.82) is 0 Å². The summed E-state index contributed by atoms with van der Waals surface area (Å²) in [5, 5.41) is 4.58. The normalized spacial score (nSPS) is 10.6. The van der Waals surface area contributed by atoms with Crippen LogP contribution in [0.25, 0.3) is 11.4 Å². The van der Waals surface area contributed by atoms with Crippen LogP contribution in [0.1, 0.15) is 16.2 Å². The van der Waals surface area contributed by atoms with Gasteiger partial charge in [-0.15, -0.1) is 0 Å². The maximum atomic E-state index is 12.4. The molecule has 24 heavy (non-hydrogen) atoms. The number of nitrogens with zero attached hydrogens (tertiary/aromatic N) is 3. The first kappa shape index (κ1) is 16.7. The highest BCUT2D eigenvalue weighted by Crippen LogP contribution is 2.19. The number of carbonyl (C=O) groups is 1. The maximum Gasteiger partial charge on any atom is 0.254 e. The van der Waals surface area contributed by atoms with Gasteiger partial charge in [0.05, 0.1) is 6.54 Å². The zero-order valence-electron chi connectivity index (χ0n) is 12.7. The highest BCUT2D eigenvalue weighted by molar-refractivity contribution is 9.10. The highest BCUT2D eigenvalue weighted by atomic mass is 79.9. The maximum absolute atomic E-state index is 12.4. The molecule has 122 valence electrons. The number of aromatic nitrogens is 2. The number of carbonyl (C=O) groups excluding carboxylic acids is 1. The molecule has 1 amide bonds. The molecule has 0 unspecified atom stereocenters. The second-order valence-electron chi connectivity index (χ2n) is 5.19. The van der Waals surface area contributed by atoms with Gasteiger partial charge >= 0.3 is 0 Å². The van der Waals surface area contributed by atoms with Crippen LogP contribution in [0, 0.1) is 0 Å². The molecule has 7 heteroatoms. The minimum absolute atomic E-state index is 0.123. The van der Waals surface area contributed by atoms with Crippen LogP contribution in [-0.4, -0.2) is 28.0 Å². The molecule has 0 N–H and O–H groups in total. The van der Waals surface area contributed by atoms with E-state index in [1.807, 2.05) is 24.3 Å². The lowest BCUT2D eigenvalue weighted by Crippen LogP contribution is -2.26. The molecular formula is C17H13BrClN3O2. The first-order valence-electron chi connectivity index (χ1n) is 7.12. The van der Waals surface area contributed by atoms with E-state index in [0.29, 0.717) is 22.3 Å². The Morgan fingerprint density at radius 1 is 1.25 bits per heavy atom. The number of hydrogen-bond donors (Lipinski definition) is 0. The summed E-state index contributed by atoms with van der Waals surface area (Å²) in [6, 6.07) is 14.4. The predicted molar refractivity (Wildman–Crippen MR) is 94.7 cm³/mol. The van der Waals surface area contributed by atoms with Crippen molar-refractivity contribution in [3.8, 4) is 11.4 Å². The van der Waals surface area contributed by atoms with Gasteiger partial charge in [-0.3, -0.25) is 4.79 Å². The monoisotopic (exact) mass is 405 g/mol. The fourth-order valence-corrected chi connectivity index (χ4v) is 2.68. The van der Waals surface area contributed by atoms with Crippen molar-refractivity contribution < 1.29 is 9.32 Å². The van der Waals surface area contributed by atoms with Crippen LogP contribution in [0.5, 0.6) is 0 Å². The molecule has 0 aliphatic heterocycles. The zero-order valence-corrected chi connectivity index (χ0v) is 15.1. The number of halogens is 2.